The van der Waals surface area contributed by atoms with Crippen molar-refractivity contribution >= 4 is 22.7 Å². The van der Waals surface area contributed by atoms with Crippen LogP contribution in [0.2, 0.25) is 0 Å². The standard InChI is InChI=1S/C24H32N4O3/c1-18-7-5-8-20-22(18)25-17-28(24(20)31)14-6-9-21(29)26-15-10-19(11-16-26)23(30)27-12-3-2-4-13-27/h5,7-8,17,19H,2-4,6,9-16H2,1H3. The van der Waals surface area contributed by atoms with Crippen LogP contribution in [0.25, 0.3) is 10.9 Å². The molecule has 2 aromatic rings. The first-order chi connectivity index (χ1) is 15.0. The largest absolute Gasteiger partial charge is 0.343 e. The predicted octanol–water partition coefficient (Wildman–Crippen LogP) is 2.74. The van der Waals surface area contributed by atoms with Crippen LogP contribution in [0.5, 0.6) is 0 Å². The first kappa shape index (κ1) is 21.5. The number of nitrogens with zero attached hydrogens (tertiary/aromatic N) is 4. The van der Waals surface area contributed by atoms with Crippen molar-refractivity contribution < 1.29 is 9.59 Å². The van der Waals surface area contributed by atoms with E-state index in [0.717, 1.165) is 49.9 Å². The van der Waals surface area contributed by atoms with E-state index in [9.17, 15) is 14.4 Å². The van der Waals surface area contributed by atoms with Crippen molar-refractivity contribution in [2.24, 2.45) is 5.92 Å². The Hall–Kier alpha value is -2.70. The Labute approximate surface area is 183 Å². The molecule has 0 spiro atoms. The zero-order valence-electron chi connectivity index (χ0n) is 18.4. The molecule has 3 heterocycles. The fraction of sp³-hybridized carbons (Fsp3) is 0.583. The average Bonchev–Trinajstić information content (AvgIpc) is 2.81. The van der Waals surface area contributed by atoms with Crippen molar-refractivity contribution in [3.8, 4) is 0 Å². The number of benzene rings is 1. The minimum absolute atomic E-state index is 0.0572. The van der Waals surface area contributed by atoms with Crippen molar-refractivity contribution in [1.29, 1.82) is 0 Å². The highest BCUT2D eigenvalue weighted by Crippen LogP contribution is 2.22. The molecule has 166 valence electrons. The van der Waals surface area contributed by atoms with Crippen LogP contribution in [0.1, 0.15) is 50.5 Å². The normalized spacial score (nSPS) is 17.8. The molecule has 2 fully saturated rings. The highest BCUT2D eigenvalue weighted by molar-refractivity contribution is 5.81. The molecule has 0 aliphatic carbocycles. The molecular formula is C24H32N4O3. The van der Waals surface area contributed by atoms with E-state index in [-0.39, 0.29) is 23.3 Å². The Balaban J connectivity index is 1.25. The van der Waals surface area contributed by atoms with E-state index in [2.05, 4.69) is 4.98 Å². The summed E-state index contributed by atoms with van der Waals surface area (Å²) >= 11 is 0. The molecule has 0 saturated carbocycles. The van der Waals surface area contributed by atoms with Crippen LogP contribution in [-0.2, 0) is 16.1 Å². The smallest absolute Gasteiger partial charge is 0.261 e. The van der Waals surface area contributed by atoms with Gasteiger partial charge in [0.1, 0.15) is 0 Å². The van der Waals surface area contributed by atoms with Gasteiger partial charge in [-0.2, -0.15) is 0 Å². The Morgan fingerprint density at radius 2 is 1.77 bits per heavy atom. The lowest BCUT2D eigenvalue weighted by Crippen LogP contribution is -2.45. The number of rotatable bonds is 5. The Kier molecular flexibility index (Phi) is 6.68. The van der Waals surface area contributed by atoms with Crippen LogP contribution in [0.15, 0.2) is 29.3 Å². The van der Waals surface area contributed by atoms with Gasteiger partial charge in [0.15, 0.2) is 0 Å². The fourth-order valence-corrected chi connectivity index (χ4v) is 4.80. The molecule has 1 aromatic heterocycles. The third kappa shape index (κ3) is 4.81. The van der Waals surface area contributed by atoms with Crippen molar-refractivity contribution in [1.82, 2.24) is 19.4 Å². The van der Waals surface area contributed by atoms with Gasteiger partial charge in [0.05, 0.1) is 17.2 Å². The average molecular weight is 425 g/mol. The number of hydrogen-bond acceptors (Lipinski definition) is 4. The van der Waals surface area contributed by atoms with E-state index in [1.165, 1.54) is 6.42 Å². The summed E-state index contributed by atoms with van der Waals surface area (Å²) in [6.07, 6.45) is 7.55. The molecule has 0 atom stereocenters. The molecule has 4 rings (SSSR count). The van der Waals surface area contributed by atoms with Crippen LogP contribution >= 0.6 is 0 Å². The predicted molar refractivity (Wildman–Crippen MR) is 120 cm³/mol. The summed E-state index contributed by atoms with van der Waals surface area (Å²) in [5.41, 5.74) is 1.67. The van der Waals surface area contributed by atoms with Crippen LogP contribution in [-0.4, -0.2) is 57.3 Å². The SMILES string of the molecule is Cc1cccc2c(=O)n(CCCC(=O)N3CCC(C(=O)N4CCCCC4)CC3)cnc12. The molecule has 2 amide bonds. The van der Waals surface area contributed by atoms with Gasteiger partial charge in [-0.25, -0.2) is 4.98 Å². The lowest BCUT2D eigenvalue weighted by atomic mass is 9.94. The van der Waals surface area contributed by atoms with Gasteiger partial charge in [-0.1, -0.05) is 12.1 Å². The van der Waals surface area contributed by atoms with Gasteiger partial charge in [0.25, 0.3) is 5.56 Å². The second-order valence-electron chi connectivity index (χ2n) is 8.86. The van der Waals surface area contributed by atoms with Crippen molar-refractivity contribution in [3.63, 3.8) is 0 Å². The number of fused-ring (bicyclic) bond motifs is 1. The second-order valence-corrected chi connectivity index (χ2v) is 8.86. The minimum atomic E-state index is -0.0572. The molecule has 0 bridgehead atoms. The number of hydrogen-bond donors (Lipinski definition) is 0. The summed E-state index contributed by atoms with van der Waals surface area (Å²) in [4.78, 5) is 46.3. The number of amides is 2. The Morgan fingerprint density at radius 3 is 2.52 bits per heavy atom. The first-order valence-electron chi connectivity index (χ1n) is 11.6. The number of carbonyl (C=O) groups is 2. The Bertz CT molecular complexity index is 1000. The fourth-order valence-electron chi connectivity index (χ4n) is 4.80. The third-order valence-corrected chi connectivity index (χ3v) is 6.71. The molecule has 0 unspecified atom stereocenters. The lowest BCUT2D eigenvalue weighted by Gasteiger charge is -2.35. The maximum absolute atomic E-state index is 12.7. The third-order valence-electron chi connectivity index (χ3n) is 6.71. The van der Waals surface area contributed by atoms with Gasteiger partial charge >= 0.3 is 0 Å². The van der Waals surface area contributed by atoms with Crippen molar-refractivity contribution in [2.75, 3.05) is 26.2 Å². The highest BCUT2D eigenvalue weighted by atomic mass is 16.2. The van der Waals surface area contributed by atoms with Gasteiger partial charge < -0.3 is 9.80 Å². The molecule has 2 saturated heterocycles. The maximum Gasteiger partial charge on any atom is 0.261 e. The number of carbonyl (C=O) groups excluding carboxylic acids is 2. The molecular weight excluding hydrogens is 392 g/mol. The van der Waals surface area contributed by atoms with Gasteiger partial charge in [-0.3, -0.25) is 19.0 Å². The Morgan fingerprint density at radius 1 is 1.03 bits per heavy atom. The number of aromatic nitrogens is 2. The van der Waals surface area contributed by atoms with Crippen LogP contribution < -0.4 is 5.56 Å². The highest BCUT2D eigenvalue weighted by Gasteiger charge is 2.30. The van der Waals surface area contributed by atoms with Gasteiger partial charge in [-0.15, -0.1) is 0 Å². The minimum Gasteiger partial charge on any atom is -0.343 e. The maximum atomic E-state index is 12.7. The zero-order valence-corrected chi connectivity index (χ0v) is 18.4. The van der Waals surface area contributed by atoms with Crippen molar-refractivity contribution in [3.05, 3.63) is 40.4 Å². The number of para-hydroxylation sites is 1. The molecule has 7 nitrogen and oxygen atoms in total. The van der Waals surface area contributed by atoms with E-state index in [0.29, 0.717) is 37.9 Å². The summed E-state index contributed by atoms with van der Waals surface area (Å²) in [5, 5.41) is 0.620. The molecule has 2 aliphatic rings. The summed E-state index contributed by atoms with van der Waals surface area (Å²) in [5.74, 6) is 0.458. The molecule has 2 aliphatic heterocycles. The van der Waals surface area contributed by atoms with E-state index in [1.807, 2.05) is 28.9 Å². The summed E-state index contributed by atoms with van der Waals surface area (Å²) in [7, 11) is 0. The molecule has 31 heavy (non-hydrogen) atoms. The molecule has 7 heteroatoms. The topological polar surface area (TPSA) is 75.5 Å². The van der Waals surface area contributed by atoms with Crippen LogP contribution in [0.3, 0.4) is 0 Å². The van der Waals surface area contributed by atoms with E-state index in [4.69, 9.17) is 0 Å². The monoisotopic (exact) mass is 424 g/mol. The van der Waals surface area contributed by atoms with Gasteiger partial charge in [0.2, 0.25) is 11.8 Å². The van der Waals surface area contributed by atoms with Crippen LogP contribution in [0, 0.1) is 12.8 Å². The van der Waals surface area contributed by atoms with Crippen molar-refractivity contribution in [2.45, 2.75) is 58.4 Å². The van der Waals surface area contributed by atoms with E-state index < -0.39 is 0 Å². The number of piperidine rings is 2. The number of likely N-dealkylation sites (tertiary alicyclic amines) is 2. The first-order valence-corrected chi connectivity index (χ1v) is 11.6. The summed E-state index contributed by atoms with van der Waals surface area (Å²) in [6.45, 7) is 5.51. The summed E-state index contributed by atoms with van der Waals surface area (Å²) in [6, 6.07) is 5.62. The number of aryl methyl sites for hydroxylation is 2. The zero-order chi connectivity index (χ0) is 21.8. The molecule has 1 aromatic carbocycles. The van der Waals surface area contributed by atoms with Gasteiger partial charge in [-0.05, 0) is 57.1 Å². The lowest BCUT2D eigenvalue weighted by molar-refractivity contribution is -0.141. The van der Waals surface area contributed by atoms with E-state index in [1.54, 1.807) is 17.0 Å². The quantitative estimate of drug-likeness (QED) is 0.740. The molecule has 0 radical (unpaired) electrons. The summed E-state index contributed by atoms with van der Waals surface area (Å²) < 4.78 is 1.60. The van der Waals surface area contributed by atoms with Gasteiger partial charge in [0, 0.05) is 45.1 Å². The molecule has 0 N–H and O–H groups in total. The van der Waals surface area contributed by atoms with E-state index >= 15 is 0 Å². The van der Waals surface area contributed by atoms with Crippen LogP contribution in [0.4, 0.5) is 0 Å². The second kappa shape index (κ2) is 9.62.